The summed E-state index contributed by atoms with van der Waals surface area (Å²) in [6, 6.07) is 1.60. The standard InChI is InChI=1S/C20H27NO5S/c1-12(26-7)16(18(23)21(5)6)15(11-22)14-10-13(8-9-20(2,3)4)27-17(14)19(24)25/h10-12,15-16H,1-7H3,(H,24,25)/t12?,15?,16-/m0/s1. The first-order valence-electron chi connectivity index (χ1n) is 8.52. The second-order valence-corrected chi connectivity index (χ2v) is 8.61. The Labute approximate surface area is 164 Å². The molecule has 1 aromatic heterocycles. The lowest BCUT2D eigenvalue weighted by Crippen LogP contribution is -2.41. The van der Waals surface area contributed by atoms with Gasteiger partial charge in [-0.3, -0.25) is 4.79 Å². The van der Waals surface area contributed by atoms with E-state index in [1.807, 2.05) is 20.8 Å². The first kappa shape index (κ1) is 22.9. The van der Waals surface area contributed by atoms with Gasteiger partial charge in [-0.1, -0.05) is 11.8 Å². The predicted octanol–water partition coefficient (Wildman–Crippen LogP) is 2.87. The molecule has 1 amide bonds. The molecule has 27 heavy (non-hydrogen) atoms. The highest BCUT2D eigenvalue weighted by atomic mass is 32.1. The maximum Gasteiger partial charge on any atom is 0.346 e. The van der Waals surface area contributed by atoms with Crippen molar-refractivity contribution in [3.05, 3.63) is 21.4 Å². The van der Waals surface area contributed by atoms with Gasteiger partial charge in [0.1, 0.15) is 11.2 Å². The summed E-state index contributed by atoms with van der Waals surface area (Å²) in [6.45, 7) is 7.54. The van der Waals surface area contributed by atoms with Crippen LogP contribution in [0.5, 0.6) is 0 Å². The van der Waals surface area contributed by atoms with Gasteiger partial charge in [-0.25, -0.2) is 4.79 Å². The number of thiophene rings is 1. The van der Waals surface area contributed by atoms with Crippen LogP contribution in [0.2, 0.25) is 0 Å². The molecule has 1 rings (SSSR count). The molecule has 0 aliphatic rings. The van der Waals surface area contributed by atoms with Crippen LogP contribution in [0.3, 0.4) is 0 Å². The molecule has 0 saturated carbocycles. The average molecular weight is 394 g/mol. The van der Waals surface area contributed by atoms with Crippen molar-refractivity contribution in [2.24, 2.45) is 11.3 Å². The van der Waals surface area contributed by atoms with Gasteiger partial charge in [0.2, 0.25) is 5.91 Å². The largest absolute Gasteiger partial charge is 0.477 e. The fraction of sp³-hybridized carbons (Fsp3) is 0.550. The lowest BCUT2D eigenvalue weighted by atomic mass is 9.82. The van der Waals surface area contributed by atoms with E-state index in [2.05, 4.69) is 11.8 Å². The van der Waals surface area contributed by atoms with Gasteiger partial charge < -0.3 is 19.5 Å². The lowest BCUT2D eigenvalue weighted by molar-refractivity contribution is -0.140. The lowest BCUT2D eigenvalue weighted by Gasteiger charge is -2.29. The number of ether oxygens (including phenoxy) is 1. The zero-order chi connectivity index (χ0) is 20.9. The van der Waals surface area contributed by atoms with Crippen LogP contribution in [0.25, 0.3) is 0 Å². The van der Waals surface area contributed by atoms with E-state index in [9.17, 15) is 19.5 Å². The van der Waals surface area contributed by atoms with Crippen molar-refractivity contribution >= 4 is 29.5 Å². The molecule has 0 aromatic carbocycles. The van der Waals surface area contributed by atoms with Crippen LogP contribution < -0.4 is 0 Å². The third-order valence-corrected chi connectivity index (χ3v) is 5.07. The van der Waals surface area contributed by atoms with Crippen molar-refractivity contribution in [2.75, 3.05) is 21.2 Å². The maximum absolute atomic E-state index is 12.7. The number of hydrogen-bond acceptors (Lipinski definition) is 5. The van der Waals surface area contributed by atoms with E-state index in [4.69, 9.17) is 4.74 Å². The molecule has 148 valence electrons. The highest BCUT2D eigenvalue weighted by Crippen LogP contribution is 2.35. The number of carbonyl (C=O) groups excluding carboxylic acids is 2. The quantitative estimate of drug-likeness (QED) is 0.569. The fourth-order valence-corrected chi connectivity index (χ4v) is 3.48. The van der Waals surface area contributed by atoms with Crippen LogP contribution in [-0.4, -0.2) is 55.5 Å². The van der Waals surface area contributed by atoms with Crippen LogP contribution >= 0.6 is 11.3 Å². The molecule has 0 spiro atoms. The van der Waals surface area contributed by atoms with E-state index in [0.717, 1.165) is 11.3 Å². The highest BCUT2D eigenvalue weighted by Gasteiger charge is 2.38. The zero-order valence-corrected chi connectivity index (χ0v) is 17.6. The molecule has 0 radical (unpaired) electrons. The summed E-state index contributed by atoms with van der Waals surface area (Å²) in [5, 5.41) is 9.60. The van der Waals surface area contributed by atoms with E-state index in [-0.39, 0.29) is 16.2 Å². The number of carbonyl (C=O) groups is 3. The number of aromatic carboxylic acids is 1. The van der Waals surface area contributed by atoms with Gasteiger partial charge in [-0.15, -0.1) is 11.3 Å². The number of amides is 1. The SMILES string of the molecule is COC(C)[C@H](C(=O)N(C)C)C(C=O)c1cc(C#CC(C)(C)C)sc1C(=O)O. The van der Waals surface area contributed by atoms with E-state index < -0.39 is 23.9 Å². The van der Waals surface area contributed by atoms with Crippen LogP contribution in [0.15, 0.2) is 6.07 Å². The molecule has 2 unspecified atom stereocenters. The molecule has 0 fully saturated rings. The second-order valence-electron chi connectivity index (χ2n) is 7.56. The molecular formula is C20H27NO5S. The Kier molecular flexibility index (Phi) is 7.76. The smallest absolute Gasteiger partial charge is 0.346 e. The van der Waals surface area contributed by atoms with Gasteiger partial charge in [-0.2, -0.15) is 0 Å². The zero-order valence-electron chi connectivity index (χ0n) is 16.8. The number of carboxylic acid groups (broad SMARTS) is 1. The van der Waals surface area contributed by atoms with E-state index in [1.165, 1.54) is 12.0 Å². The minimum atomic E-state index is -1.15. The number of rotatable bonds is 7. The first-order valence-corrected chi connectivity index (χ1v) is 9.34. The predicted molar refractivity (Wildman–Crippen MR) is 105 cm³/mol. The normalized spacial score (nSPS) is 14.5. The van der Waals surface area contributed by atoms with E-state index in [0.29, 0.717) is 16.7 Å². The van der Waals surface area contributed by atoms with Gasteiger partial charge in [0.15, 0.2) is 0 Å². The Bertz CT molecular complexity index is 764. The van der Waals surface area contributed by atoms with Gasteiger partial charge in [0.05, 0.1) is 22.8 Å². The maximum atomic E-state index is 12.7. The Balaban J connectivity index is 3.53. The average Bonchev–Trinajstić information content (AvgIpc) is 3.00. The van der Waals surface area contributed by atoms with Crippen molar-refractivity contribution in [3.63, 3.8) is 0 Å². The highest BCUT2D eigenvalue weighted by molar-refractivity contribution is 7.14. The molecule has 1 aromatic rings. The monoisotopic (exact) mass is 393 g/mol. The van der Waals surface area contributed by atoms with E-state index in [1.54, 1.807) is 27.1 Å². The third-order valence-electron chi connectivity index (χ3n) is 4.01. The molecule has 1 heterocycles. The Hall–Kier alpha value is -2.17. The van der Waals surface area contributed by atoms with Gasteiger partial charge >= 0.3 is 5.97 Å². The molecule has 0 aliphatic heterocycles. The Morgan fingerprint density at radius 2 is 1.93 bits per heavy atom. The molecule has 6 nitrogen and oxygen atoms in total. The van der Waals surface area contributed by atoms with Crippen molar-refractivity contribution in [1.82, 2.24) is 4.90 Å². The fourth-order valence-electron chi connectivity index (χ4n) is 2.57. The Morgan fingerprint density at radius 1 is 1.33 bits per heavy atom. The first-order chi connectivity index (χ1) is 12.4. The van der Waals surface area contributed by atoms with Crippen LogP contribution in [-0.2, 0) is 14.3 Å². The molecule has 1 N–H and O–H groups in total. The van der Waals surface area contributed by atoms with Crippen LogP contribution in [0, 0.1) is 23.2 Å². The summed E-state index contributed by atoms with van der Waals surface area (Å²) in [5.74, 6) is 2.81. The molecule has 3 atom stereocenters. The number of nitrogens with zero attached hydrogens (tertiary/aromatic N) is 1. The van der Waals surface area contributed by atoms with E-state index >= 15 is 0 Å². The van der Waals surface area contributed by atoms with Crippen molar-refractivity contribution in [2.45, 2.75) is 39.7 Å². The number of carboxylic acids is 1. The molecule has 0 aliphatic carbocycles. The van der Waals surface area contributed by atoms with Gasteiger partial charge in [-0.05, 0) is 39.3 Å². The molecule has 0 saturated heterocycles. The third kappa shape index (κ3) is 5.91. The molecular weight excluding hydrogens is 366 g/mol. The molecule has 7 heteroatoms. The summed E-state index contributed by atoms with van der Waals surface area (Å²) in [6.07, 6.45) is 0.0533. The summed E-state index contributed by atoms with van der Waals surface area (Å²) < 4.78 is 5.31. The summed E-state index contributed by atoms with van der Waals surface area (Å²) in [4.78, 5) is 38.3. The topological polar surface area (TPSA) is 83.9 Å². The number of methoxy groups -OCH3 is 1. The Morgan fingerprint density at radius 3 is 2.33 bits per heavy atom. The van der Waals surface area contributed by atoms with Crippen molar-refractivity contribution < 1.29 is 24.2 Å². The summed E-state index contributed by atoms with van der Waals surface area (Å²) in [5.41, 5.74) is 0.0517. The second kappa shape index (κ2) is 9.16. The number of hydrogen-bond donors (Lipinski definition) is 1. The van der Waals surface area contributed by atoms with Crippen molar-refractivity contribution in [3.8, 4) is 11.8 Å². The van der Waals surface area contributed by atoms with Crippen molar-refractivity contribution in [1.29, 1.82) is 0 Å². The number of aldehydes is 1. The van der Waals surface area contributed by atoms with Crippen LogP contribution in [0.1, 0.15) is 53.7 Å². The minimum Gasteiger partial charge on any atom is -0.477 e. The summed E-state index contributed by atoms with van der Waals surface area (Å²) >= 11 is 1.01. The van der Waals surface area contributed by atoms with Gasteiger partial charge in [0, 0.05) is 26.6 Å². The summed E-state index contributed by atoms with van der Waals surface area (Å²) in [7, 11) is 4.63. The minimum absolute atomic E-state index is 0.0187. The van der Waals surface area contributed by atoms with Gasteiger partial charge in [0.25, 0.3) is 0 Å². The molecule has 0 bridgehead atoms. The van der Waals surface area contributed by atoms with Crippen LogP contribution in [0.4, 0.5) is 0 Å².